The Morgan fingerprint density at radius 2 is 1.44 bits per heavy atom. The van der Waals surface area contributed by atoms with Gasteiger partial charge in [0.15, 0.2) is 5.96 Å². The molecule has 1 amide bonds. The number of hydrogen-bond donors (Lipinski definition) is 2. The van der Waals surface area contributed by atoms with E-state index in [9.17, 15) is 31.1 Å². The molecule has 1 aromatic carbocycles. The van der Waals surface area contributed by atoms with Crippen molar-refractivity contribution in [1.29, 1.82) is 0 Å². The number of carbonyl (C=O) groups is 1. The van der Waals surface area contributed by atoms with E-state index in [-0.39, 0.29) is 23.5 Å². The van der Waals surface area contributed by atoms with Crippen molar-refractivity contribution in [2.45, 2.75) is 37.5 Å². The van der Waals surface area contributed by atoms with Crippen LogP contribution in [0.1, 0.15) is 41.9 Å². The number of nitrogens with two attached hydrogens (primary N) is 2. The molecule has 2 aliphatic rings. The third-order valence-corrected chi connectivity index (χ3v) is 5.44. The highest BCUT2D eigenvalue weighted by molar-refractivity contribution is 5.93. The van der Waals surface area contributed by atoms with Crippen molar-refractivity contribution in [3.8, 4) is 0 Å². The van der Waals surface area contributed by atoms with Crippen LogP contribution in [-0.4, -0.2) is 11.9 Å². The van der Waals surface area contributed by atoms with Crippen molar-refractivity contribution in [3.05, 3.63) is 34.9 Å². The van der Waals surface area contributed by atoms with Crippen LogP contribution in [0.4, 0.5) is 26.3 Å². The predicted octanol–water partition coefficient (Wildman–Crippen LogP) is 3.65. The van der Waals surface area contributed by atoms with Crippen LogP contribution >= 0.6 is 0 Å². The second-order valence-electron chi connectivity index (χ2n) is 7.10. The summed E-state index contributed by atoms with van der Waals surface area (Å²) in [6.07, 6.45) is -8.01. The fraction of sp³-hybridized carbons (Fsp3) is 0.529. The molecule has 2 bridgehead atoms. The Bertz CT molecular complexity index is 750. The fourth-order valence-electron chi connectivity index (χ4n) is 4.50. The van der Waals surface area contributed by atoms with E-state index >= 15 is 0 Å². The number of benzene rings is 1. The summed E-state index contributed by atoms with van der Waals surface area (Å²) in [6, 6.07) is 1.50. The molecular weight excluding hydrogens is 376 g/mol. The summed E-state index contributed by atoms with van der Waals surface area (Å²) in [5, 5.41) is 0. The van der Waals surface area contributed by atoms with Gasteiger partial charge < -0.3 is 11.5 Å². The molecule has 2 fully saturated rings. The van der Waals surface area contributed by atoms with Gasteiger partial charge in [-0.2, -0.15) is 31.3 Å². The standard InChI is InChI=1S/C17H17F6N3O/c18-16(19,20)10-4-9(5-11(6-10)17(21,22)23)12-7-1-2-8(3-7)13(12)14(27)26-15(24)25/h4-8,12-13H,1-3H2,(H4,24,25,26,27)/t7?,8?,12-,13+/m0/s1. The van der Waals surface area contributed by atoms with Crippen LogP contribution in [-0.2, 0) is 17.1 Å². The van der Waals surface area contributed by atoms with Gasteiger partial charge in [0.1, 0.15) is 0 Å². The van der Waals surface area contributed by atoms with Gasteiger partial charge in [0.25, 0.3) is 5.91 Å². The Balaban J connectivity index is 2.10. The molecule has 0 aromatic heterocycles. The van der Waals surface area contributed by atoms with E-state index in [0.717, 1.165) is 0 Å². The van der Waals surface area contributed by atoms with Crippen molar-refractivity contribution in [3.63, 3.8) is 0 Å². The molecule has 4 atom stereocenters. The second kappa shape index (κ2) is 6.42. The van der Waals surface area contributed by atoms with Crippen LogP contribution in [0.5, 0.6) is 0 Å². The summed E-state index contributed by atoms with van der Waals surface area (Å²) in [4.78, 5) is 15.9. The van der Waals surface area contributed by atoms with Crippen molar-refractivity contribution >= 4 is 11.9 Å². The maximum absolute atomic E-state index is 13.1. The molecule has 2 aliphatic carbocycles. The van der Waals surface area contributed by atoms with Crippen LogP contribution in [0.15, 0.2) is 23.2 Å². The Labute approximate surface area is 150 Å². The van der Waals surface area contributed by atoms with Crippen molar-refractivity contribution < 1.29 is 31.1 Å². The van der Waals surface area contributed by atoms with Crippen molar-refractivity contribution in [2.24, 2.45) is 34.2 Å². The summed E-state index contributed by atoms with van der Waals surface area (Å²) in [5.74, 6) is -3.11. The van der Waals surface area contributed by atoms with E-state index in [4.69, 9.17) is 11.5 Å². The quantitative estimate of drug-likeness (QED) is 0.457. The number of fused-ring (bicyclic) bond motifs is 2. The van der Waals surface area contributed by atoms with Crippen LogP contribution in [0, 0.1) is 17.8 Å². The third kappa shape index (κ3) is 3.74. The number of halogens is 6. The topological polar surface area (TPSA) is 81.5 Å². The number of aliphatic imine (C=N–C) groups is 1. The molecule has 2 saturated carbocycles. The Morgan fingerprint density at radius 3 is 1.93 bits per heavy atom. The number of rotatable bonds is 2. The van der Waals surface area contributed by atoms with Gasteiger partial charge in [0.2, 0.25) is 0 Å². The van der Waals surface area contributed by atoms with Crippen LogP contribution in [0.2, 0.25) is 0 Å². The zero-order valence-corrected chi connectivity index (χ0v) is 13.9. The van der Waals surface area contributed by atoms with Crippen LogP contribution in [0.25, 0.3) is 0 Å². The zero-order chi connectivity index (χ0) is 20.1. The first kappa shape index (κ1) is 19.5. The average molecular weight is 393 g/mol. The highest BCUT2D eigenvalue weighted by Crippen LogP contribution is 2.57. The summed E-state index contributed by atoms with van der Waals surface area (Å²) < 4.78 is 78.9. The van der Waals surface area contributed by atoms with E-state index in [1.54, 1.807) is 0 Å². The van der Waals surface area contributed by atoms with Crippen molar-refractivity contribution in [2.75, 3.05) is 0 Å². The number of hydrogen-bond acceptors (Lipinski definition) is 1. The zero-order valence-electron chi connectivity index (χ0n) is 13.9. The number of guanidine groups is 1. The lowest BCUT2D eigenvalue weighted by Crippen LogP contribution is -2.31. The molecule has 0 radical (unpaired) electrons. The highest BCUT2D eigenvalue weighted by atomic mass is 19.4. The van der Waals surface area contributed by atoms with Crippen LogP contribution in [0.3, 0.4) is 0 Å². The van der Waals surface area contributed by atoms with Crippen molar-refractivity contribution in [1.82, 2.24) is 0 Å². The minimum absolute atomic E-state index is 0.0869. The van der Waals surface area contributed by atoms with Gasteiger partial charge in [-0.3, -0.25) is 4.79 Å². The van der Waals surface area contributed by atoms with Gasteiger partial charge in [0.05, 0.1) is 17.0 Å². The molecule has 0 spiro atoms. The molecule has 0 heterocycles. The van der Waals surface area contributed by atoms with E-state index in [1.165, 1.54) is 0 Å². The number of carbonyl (C=O) groups excluding carboxylic acids is 1. The van der Waals surface area contributed by atoms with Gasteiger partial charge >= 0.3 is 12.4 Å². The molecule has 4 nitrogen and oxygen atoms in total. The van der Waals surface area contributed by atoms with E-state index < -0.39 is 47.2 Å². The normalized spacial score (nSPS) is 27.6. The molecule has 148 valence electrons. The minimum Gasteiger partial charge on any atom is -0.370 e. The predicted molar refractivity (Wildman–Crippen MR) is 84.3 cm³/mol. The highest BCUT2D eigenvalue weighted by Gasteiger charge is 2.52. The van der Waals surface area contributed by atoms with Gasteiger partial charge in [-0.1, -0.05) is 0 Å². The Kier molecular flexibility index (Phi) is 4.63. The first-order valence-electron chi connectivity index (χ1n) is 8.30. The van der Waals surface area contributed by atoms with E-state index in [0.29, 0.717) is 31.4 Å². The molecular formula is C17H17F6N3O. The minimum atomic E-state index is -4.94. The summed E-state index contributed by atoms with van der Waals surface area (Å²) in [7, 11) is 0. The number of amides is 1. The Morgan fingerprint density at radius 1 is 0.926 bits per heavy atom. The molecule has 4 N–H and O–H groups in total. The molecule has 27 heavy (non-hydrogen) atoms. The summed E-state index contributed by atoms with van der Waals surface area (Å²) in [6.45, 7) is 0. The van der Waals surface area contributed by atoms with E-state index in [2.05, 4.69) is 4.99 Å². The smallest absolute Gasteiger partial charge is 0.370 e. The molecule has 1 aromatic rings. The molecule has 0 saturated heterocycles. The van der Waals surface area contributed by atoms with Crippen LogP contribution < -0.4 is 11.5 Å². The van der Waals surface area contributed by atoms with E-state index in [1.807, 2.05) is 0 Å². The molecule has 0 aliphatic heterocycles. The van der Waals surface area contributed by atoms with Gasteiger partial charge in [-0.25, -0.2) is 0 Å². The average Bonchev–Trinajstić information content (AvgIpc) is 3.13. The SMILES string of the molecule is NC(N)=NC(=O)[C@@H]1C2CCC(C2)[C@H]1c1cc(C(F)(F)F)cc(C(F)(F)F)c1. The lowest BCUT2D eigenvalue weighted by molar-refractivity contribution is -0.143. The fourth-order valence-corrected chi connectivity index (χ4v) is 4.50. The first-order chi connectivity index (χ1) is 12.4. The lowest BCUT2D eigenvalue weighted by Gasteiger charge is -2.30. The maximum atomic E-state index is 13.1. The monoisotopic (exact) mass is 393 g/mol. The first-order valence-corrected chi connectivity index (χ1v) is 8.30. The number of nitrogens with zero attached hydrogens (tertiary/aromatic N) is 1. The van der Waals surface area contributed by atoms with Gasteiger partial charge in [-0.05, 0) is 60.8 Å². The molecule has 10 heteroatoms. The third-order valence-electron chi connectivity index (χ3n) is 5.44. The second-order valence-corrected chi connectivity index (χ2v) is 7.10. The van der Waals surface area contributed by atoms with Gasteiger partial charge in [0, 0.05) is 0 Å². The number of alkyl halides is 6. The lowest BCUT2D eigenvalue weighted by atomic mass is 9.74. The molecule has 3 rings (SSSR count). The Hall–Kier alpha value is -2.26. The largest absolute Gasteiger partial charge is 0.416 e. The summed E-state index contributed by atoms with van der Waals surface area (Å²) >= 11 is 0. The molecule has 2 unspecified atom stereocenters. The summed E-state index contributed by atoms with van der Waals surface area (Å²) in [5.41, 5.74) is 7.51. The maximum Gasteiger partial charge on any atom is 0.416 e. The van der Waals surface area contributed by atoms with Gasteiger partial charge in [-0.15, -0.1) is 0 Å².